The number of anilines is 1. The van der Waals surface area contributed by atoms with E-state index in [-0.39, 0.29) is 17.5 Å². The Hall–Kier alpha value is -3.32. The lowest BCUT2D eigenvalue weighted by molar-refractivity contribution is 0.102. The third kappa shape index (κ3) is 3.32. The molecule has 2 aromatic heterocycles. The molecule has 0 saturated carbocycles. The van der Waals surface area contributed by atoms with Gasteiger partial charge in [0.25, 0.3) is 5.91 Å². The Morgan fingerprint density at radius 3 is 2.54 bits per heavy atom. The summed E-state index contributed by atoms with van der Waals surface area (Å²) in [6.07, 6.45) is 1.57. The minimum Gasteiger partial charge on any atom is -0.322 e. The van der Waals surface area contributed by atoms with Crippen LogP contribution in [0, 0.1) is 0 Å². The largest absolute Gasteiger partial charge is 0.323 e. The van der Waals surface area contributed by atoms with E-state index in [1.807, 2.05) is 26.0 Å². The number of hydrogen-bond donors (Lipinski definition) is 3. The Balaban J connectivity index is 1.68. The summed E-state index contributed by atoms with van der Waals surface area (Å²) in [5, 5.41) is 7.93. The lowest BCUT2D eigenvalue weighted by atomic mass is 10.0. The highest BCUT2D eigenvalue weighted by Crippen LogP contribution is 2.25. The Labute approximate surface area is 165 Å². The highest BCUT2D eigenvalue weighted by Gasteiger charge is 2.21. The van der Waals surface area contributed by atoms with Gasteiger partial charge in [-0.2, -0.15) is 5.10 Å². The molecule has 0 saturated heterocycles. The number of halogens is 1. The summed E-state index contributed by atoms with van der Waals surface area (Å²) in [6, 6.07) is 12.5. The number of fused-ring (bicyclic) bond motifs is 1. The van der Waals surface area contributed by atoms with Crippen LogP contribution in [0.1, 0.15) is 35.8 Å². The van der Waals surface area contributed by atoms with Crippen molar-refractivity contribution < 1.29 is 4.79 Å². The number of H-pyrrole nitrogens is 2. The Morgan fingerprint density at radius 2 is 1.82 bits per heavy atom. The number of amides is 1. The zero-order chi connectivity index (χ0) is 19.8. The molecule has 142 valence electrons. The van der Waals surface area contributed by atoms with Crippen LogP contribution >= 0.6 is 11.6 Å². The van der Waals surface area contributed by atoms with Crippen LogP contribution in [0.4, 0.5) is 5.69 Å². The molecule has 0 aliphatic heterocycles. The van der Waals surface area contributed by atoms with Gasteiger partial charge < -0.3 is 15.3 Å². The van der Waals surface area contributed by atoms with Gasteiger partial charge in [0.2, 0.25) is 0 Å². The monoisotopic (exact) mass is 395 g/mol. The van der Waals surface area contributed by atoms with Crippen molar-refractivity contribution in [3.63, 3.8) is 0 Å². The van der Waals surface area contributed by atoms with Crippen LogP contribution in [-0.4, -0.2) is 25.7 Å². The maximum atomic E-state index is 12.9. The van der Waals surface area contributed by atoms with E-state index in [9.17, 15) is 9.59 Å². The van der Waals surface area contributed by atoms with Crippen molar-refractivity contribution in [2.75, 3.05) is 5.32 Å². The molecule has 0 fully saturated rings. The average Bonchev–Trinajstić information content (AvgIpc) is 3.25. The van der Waals surface area contributed by atoms with Gasteiger partial charge in [-0.25, -0.2) is 9.48 Å². The van der Waals surface area contributed by atoms with Crippen LogP contribution in [0.25, 0.3) is 16.7 Å². The van der Waals surface area contributed by atoms with Gasteiger partial charge in [0.05, 0.1) is 34.2 Å². The van der Waals surface area contributed by atoms with Gasteiger partial charge in [-0.1, -0.05) is 25.4 Å². The molecule has 2 aromatic carbocycles. The molecule has 0 atom stereocenters. The Morgan fingerprint density at radius 1 is 1.11 bits per heavy atom. The first kappa shape index (κ1) is 18.1. The third-order valence-electron chi connectivity index (χ3n) is 4.44. The van der Waals surface area contributed by atoms with Gasteiger partial charge in [-0.05, 0) is 48.4 Å². The van der Waals surface area contributed by atoms with Gasteiger partial charge in [0.15, 0.2) is 0 Å². The van der Waals surface area contributed by atoms with Crippen LogP contribution in [0.15, 0.2) is 53.5 Å². The molecule has 28 heavy (non-hydrogen) atoms. The molecular formula is C20H18ClN5O2. The summed E-state index contributed by atoms with van der Waals surface area (Å²) in [6.45, 7) is 4.02. The number of aromatic amines is 2. The van der Waals surface area contributed by atoms with Gasteiger partial charge in [0.1, 0.15) is 0 Å². The first-order valence-corrected chi connectivity index (χ1v) is 9.17. The molecule has 0 unspecified atom stereocenters. The lowest BCUT2D eigenvalue weighted by Crippen LogP contribution is -2.15. The van der Waals surface area contributed by atoms with Crippen molar-refractivity contribution in [3.8, 4) is 5.69 Å². The molecule has 0 aliphatic carbocycles. The maximum absolute atomic E-state index is 12.9. The van der Waals surface area contributed by atoms with E-state index in [1.165, 1.54) is 0 Å². The van der Waals surface area contributed by atoms with Crippen LogP contribution in [0.2, 0.25) is 5.02 Å². The van der Waals surface area contributed by atoms with Crippen LogP contribution in [0.3, 0.4) is 0 Å². The molecule has 4 rings (SSSR count). The average molecular weight is 396 g/mol. The van der Waals surface area contributed by atoms with E-state index in [4.69, 9.17) is 11.6 Å². The smallest absolute Gasteiger partial charge is 0.322 e. The van der Waals surface area contributed by atoms with Crippen LogP contribution in [-0.2, 0) is 0 Å². The van der Waals surface area contributed by atoms with Crippen LogP contribution in [0.5, 0.6) is 0 Å². The van der Waals surface area contributed by atoms with Gasteiger partial charge in [0, 0.05) is 10.7 Å². The SMILES string of the molecule is CC(C)c1c(C(=O)Nc2ccc3[nH]c(=O)[nH]c3c2)cnn1-c1ccc(Cl)cc1. The van der Waals surface area contributed by atoms with Crippen LogP contribution < -0.4 is 11.0 Å². The molecule has 0 bridgehead atoms. The Kier molecular flexibility index (Phi) is 4.52. The van der Waals surface area contributed by atoms with Crippen molar-refractivity contribution in [1.29, 1.82) is 0 Å². The standard InChI is InChI=1S/C20H18ClN5O2/c1-11(2)18-15(10-22-26(18)14-6-3-12(21)4-7-14)19(27)23-13-5-8-16-17(9-13)25-20(28)24-16/h3-11H,1-2H3,(H,23,27)(H2,24,25,28). The molecule has 0 spiro atoms. The third-order valence-corrected chi connectivity index (χ3v) is 4.69. The van der Waals surface area contributed by atoms with Gasteiger partial charge in [-0.3, -0.25) is 4.79 Å². The summed E-state index contributed by atoms with van der Waals surface area (Å²) >= 11 is 5.97. The second kappa shape index (κ2) is 7.01. The molecule has 0 radical (unpaired) electrons. The van der Waals surface area contributed by atoms with Crippen molar-refractivity contribution in [3.05, 3.63) is 75.4 Å². The van der Waals surface area contributed by atoms with E-state index in [0.717, 1.165) is 11.4 Å². The zero-order valence-electron chi connectivity index (χ0n) is 15.3. The molecule has 0 aliphatic rings. The first-order valence-electron chi connectivity index (χ1n) is 8.79. The van der Waals surface area contributed by atoms with E-state index >= 15 is 0 Å². The number of carbonyl (C=O) groups is 1. The number of nitrogens with zero attached hydrogens (tertiary/aromatic N) is 2. The van der Waals surface area contributed by atoms with Crippen molar-refractivity contribution in [2.24, 2.45) is 0 Å². The fourth-order valence-electron chi connectivity index (χ4n) is 3.19. The Bertz CT molecular complexity index is 1220. The highest BCUT2D eigenvalue weighted by atomic mass is 35.5. The van der Waals surface area contributed by atoms with E-state index in [0.29, 0.717) is 27.3 Å². The minimum absolute atomic E-state index is 0.0717. The van der Waals surface area contributed by atoms with Gasteiger partial charge in [-0.15, -0.1) is 0 Å². The molecule has 7 nitrogen and oxygen atoms in total. The number of carbonyl (C=O) groups excluding carboxylic acids is 1. The summed E-state index contributed by atoms with van der Waals surface area (Å²) in [7, 11) is 0. The van der Waals surface area contributed by atoms with Gasteiger partial charge >= 0.3 is 5.69 Å². The topological polar surface area (TPSA) is 95.6 Å². The molecular weight excluding hydrogens is 378 g/mol. The number of nitrogens with one attached hydrogen (secondary N) is 3. The predicted molar refractivity (Wildman–Crippen MR) is 110 cm³/mol. The summed E-state index contributed by atoms with van der Waals surface area (Å²) in [5.41, 5.74) is 3.73. The fraction of sp³-hybridized carbons (Fsp3) is 0.150. The van der Waals surface area contributed by atoms with E-state index in [2.05, 4.69) is 20.4 Å². The van der Waals surface area contributed by atoms with Crippen molar-refractivity contribution in [1.82, 2.24) is 19.7 Å². The maximum Gasteiger partial charge on any atom is 0.323 e. The predicted octanol–water partition coefficient (Wildman–Crippen LogP) is 4.07. The molecule has 1 amide bonds. The molecule has 3 N–H and O–H groups in total. The molecule has 8 heteroatoms. The van der Waals surface area contributed by atoms with Crippen molar-refractivity contribution >= 4 is 34.2 Å². The lowest BCUT2D eigenvalue weighted by Gasteiger charge is -2.13. The number of benzene rings is 2. The first-order chi connectivity index (χ1) is 13.4. The summed E-state index contributed by atoms with van der Waals surface area (Å²) in [5.74, 6) is -0.191. The number of hydrogen-bond acceptors (Lipinski definition) is 3. The quantitative estimate of drug-likeness (QED) is 0.486. The second-order valence-corrected chi connectivity index (χ2v) is 7.22. The molecule has 2 heterocycles. The minimum atomic E-state index is -0.287. The zero-order valence-corrected chi connectivity index (χ0v) is 16.0. The summed E-state index contributed by atoms with van der Waals surface area (Å²) in [4.78, 5) is 29.7. The number of rotatable bonds is 4. The molecule has 4 aromatic rings. The van der Waals surface area contributed by atoms with Crippen molar-refractivity contribution in [2.45, 2.75) is 19.8 Å². The second-order valence-electron chi connectivity index (χ2n) is 6.78. The number of aromatic nitrogens is 4. The fourth-order valence-corrected chi connectivity index (χ4v) is 3.31. The normalized spacial score (nSPS) is 11.3. The van der Waals surface area contributed by atoms with E-state index < -0.39 is 0 Å². The van der Waals surface area contributed by atoms with E-state index in [1.54, 1.807) is 41.2 Å². The number of imidazole rings is 1. The summed E-state index contributed by atoms with van der Waals surface area (Å²) < 4.78 is 1.75. The highest BCUT2D eigenvalue weighted by molar-refractivity contribution is 6.30.